The minimum absolute atomic E-state index is 0.305. The van der Waals surface area contributed by atoms with Crippen LogP contribution in [0.2, 0.25) is 0 Å². The highest BCUT2D eigenvalue weighted by Gasteiger charge is 1.89. The third-order valence-electron chi connectivity index (χ3n) is 1.60. The van der Waals surface area contributed by atoms with Gasteiger partial charge in [-0.15, -0.1) is 0 Å². The molecule has 0 saturated heterocycles. The number of aliphatic hydroxyl groups excluding tert-OH is 1. The molecule has 1 rings (SSSR count). The van der Waals surface area contributed by atoms with E-state index in [0.29, 0.717) is 6.61 Å². The molecule has 0 saturated carbocycles. The van der Waals surface area contributed by atoms with Gasteiger partial charge < -0.3 is 5.11 Å². The number of rotatable bonds is 5. The topological polar surface area (TPSA) is 38.0 Å². The summed E-state index contributed by atoms with van der Waals surface area (Å²) in [7, 11) is 0. The Morgan fingerprint density at radius 3 is 2.82 bits per heavy atom. The van der Waals surface area contributed by atoms with Crippen LogP contribution in [0.1, 0.15) is 19.3 Å². The molecular formula is C8H14N2O. The lowest BCUT2D eigenvalue weighted by atomic mass is 10.2. The van der Waals surface area contributed by atoms with E-state index in [0.717, 1.165) is 25.8 Å². The van der Waals surface area contributed by atoms with Gasteiger partial charge in [-0.05, 0) is 25.3 Å². The Hall–Kier alpha value is -0.830. The molecule has 1 heterocycles. The fourth-order valence-electron chi connectivity index (χ4n) is 0.995. The SMILES string of the molecule is OCCCCCn1cccn1. The lowest BCUT2D eigenvalue weighted by Gasteiger charge is -1.99. The molecule has 3 nitrogen and oxygen atoms in total. The molecule has 0 atom stereocenters. The molecule has 62 valence electrons. The van der Waals surface area contributed by atoms with Crippen molar-refractivity contribution in [1.82, 2.24) is 9.78 Å². The number of aliphatic hydroxyl groups is 1. The van der Waals surface area contributed by atoms with Crippen molar-refractivity contribution in [1.29, 1.82) is 0 Å². The van der Waals surface area contributed by atoms with Crippen LogP contribution in [0.3, 0.4) is 0 Å². The van der Waals surface area contributed by atoms with Crippen LogP contribution in [0.15, 0.2) is 18.5 Å². The van der Waals surface area contributed by atoms with E-state index in [-0.39, 0.29) is 0 Å². The monoisotopic (exact) mass is 154 g/mol. The second-order valence-corrected chi connectivity index (χ2v) is 2.55. The maximum absolute atomic E-state index is 8.50. The van der Waals surface area contributed by atoms with E-state index in [1.165, 1.54) is 0 Å². The minimum atomic E-state index is 0.305. The van der Waals surface area contributed by atoms with Crippen LogP contribution in [0.4, 0.5) is 0 Å². The first kappa shape index (κ1) is 8.27. The van der Waals surface area contributed by atoms with Crippen LogP contribution < -0.4 is 0 Å². The zero-order chi connectivity index (χ0) is 7.94. The van der Waals surface area contributed by atoms with E-state index in [1.807, 2.05) is 16.9 Å². The van der Waals surface area contributed by atoms with Crippen molar-refractivity contribution in [3.05, 3.63) is 18.5 Å². The molecule has 0 bridgehead atoms. The molecule has 0 radical (unpaired) electrons. The summed E-state index contributed by atoms with van der Waals surface area (Å²) in [5.74, 6) is 0. The molecular weight excluding hydrogens is 140 g/mol. The van der Waals surface area contributed by atoms with Gasteiger partial charge in [0.15, 0.2) is 0 Å². The Morgan fingerprint density at radius 2 is 2.18 bits per heavy atom. The molecule has 3 heteroatoms. The fraction of sp³-hybridized carbons (Fsp3) is 0.625. The van der Waals surface area contributed by atoms with E-state index in [4.69, 9.17) is 5.11 Å². The van der Waals surface area contributed by atoms with Gasteiger partial charge in [-0.1, -0.05) is 0 Å². The number of aryl methyl sites for hydroxylation is 1. The van der Waals surface area contributed by atoms with Gasteiger partial charge in [0, 0.05) is 25.5 Å². The minimum Gasteiger partial charge on any atom is -0.396 e. The zero-order valence-corrected chi connectivity index (χ0v) is 6.61. The normalized spacial score (nSPS) is 10.3. The highest BCUT2D eigenvalue weighted by atomic mass is 16.2. The molecule has 1 aromatic heterocycles. The van der Waals surface area contributed by atoms with Gasteiger partial charge in [0.25, 0.3) is 0 Å². The highest BCUT2D eigenvalue weighted by molar-refractivity contribution is 4.77. The predicted octanol–water partition coefficient (Wildman–Crippen LogP) is 1.05. The lowest BCUT2D eigenvalue weighted by Crippen LogP contribution is -1.98. The van der Waals surface area contributed by atoms with Crippen LogP contribution in [-0.4, -0.2) is 21.5 Å². The quantitative estimate of drug-likeness (QED) is 0.644. The summed E-state index contributed by atoms with van der Waals surface area (Å²) in [4.78, 5) is 0. The molecule has 0 aliphatic rings. The van der Waals surface area contributed by atoms with E-state index in [9.17, 15) is 0 Å². The maximum Gasteiger partial charge on any atom is 0.0489 e. The van der Waals surface area contributed by atoms with Crippen molar-refractivity contribution in [2.75, 3.05) is 6.61 Å². The molecule has 0 aliphatic heterocycles. The van der Waals surface area contributed by atoms with Crippen molar-refractivity contribution >= 4 is 0 Å². The van der Waals surface area contributed by atoms with Gasteiger partial charge in [-0.2, -0.15) is 5.10 Å². The van der Waals surface area contributed by atoms with Crippen molar-refractivity contribution in [3.63, 3.8) is 0 Å². The number of hydrogen-bond acceptors (Lipinski definition) is 2. The standard InChI is InChI=1S/C8H14N2O/c11-8-3-1-2-6-10-7-4-5-9-10/h4-5,7,11H,1-3,6,8H2. The third-order valence-corrected chi connectivity index (χ3v) is 1.60. The molecule has 1 aromatic rings. The zero-order valence-electron chi connectivity index (χ0n) is 6.61. The largest absolute Gasteiger partial charge is 0.396 e. The molecule has 0 aliphatic carbocycles. The summed E-state index contributed by atoms with van der Waals surface area (Å²) in [6.45, 7) is 1.27. The van der Waals surface area contributed by atoms with Crippen molar-refractivity contribution < 1.29 is 5.11 Å². The van der Waals surface area contributed by atoms with Gasteiger partial charge in [0.05, 0.1) is 0 Å². The number of aromatic nitrogens is 2. The van der Waals surface area contributed by atoms with Crippen molar-refractivity contribution in [2.45, 2.75) is 25.8 Å². The molecule has 0 amide bonds. The first-order chi connectivity index (χ1) is 5.43. The van der Waals surface area contributed by atoms with E-state index < -0.39 is 0 Å². The van der Waals surface area contributed by atoms with E-state index in [2.05, 4.69) is 5.10 Å². The Kier molecular flexibility index (Phi) is 3.69. The Labute approximate surface area is 66.7 Å². The third kappa shape index (κ3) is 3.18. The van der Waals surface area contributed by atoms with Gasteiger partial charge in [0.2, 0.25) is 0 Å². The summed E-state index contributed by atoms with van der Waals surface area (Å²) in [6.07, 6.45) is 6.82. The molecule has 0 spiro atoms. The van der Waals surface area contributed by atoms with Crippen LogP contribution in [0.25, 0.3) is 0 Å². The second kappa shape index (κ2) is 4.91. The summed E-state index contributed by atoms with van der Waals surface area (Å²) in [5.41, 5.74) is 0. The summed E-state index contributed by atoms with van der Waals surface area (Å²) in [5, 5.41) is 12.6. The second-order valence-electron chi connectivity index (χ2n) is 2.55. The first-order valence-corrected chi connectivity index (χ1v) is 4.02. The van der Waals surface area contributed by atoms with Crippen LogP contribution in [-0.2, 0) is 6.54 Å². The van der Waals surface area contributed by atoms with Crippen LogP contribution in [0, 0.1) is 0 Å². The fourth-order valence-corrected chi connectivity index (χ4v) is 0.995. The molecule has 0 aromatic carbocycles. The summed E-state index contributed by atoms with van der Waals surface area (Å²) < 4.78 is 1.91. The maximum atomic E-state index is 8.50. The Morgan fingerprint density at radius 1 is 1.27 bits per heavy atom. The molecule has 11 heavy (non-hydrogen) atoms. The van der Waals surface area contributed by atoms with Crippen LogP contribution >= 0.6 is 0 Å². The molecule has 0 fully saturated rings. The number of nitrogens with zero attached hydrogens (tertiary/aromatic N) is 2. The smallest absolute Gasteiger partial charge is 0.0489 e. The average Bonchev–Trinajstić information content (AvgIpc) is 2.50. The highest BCUT2D eigenvalue weighted by Crippen LogP contribution is 1.96. The average molecular weight is 154 g/mol. The Bertz CT molecular complexity index is 172. The van der Waals surface area contributed by atoms with E-state index in [1.54, 1.807) is 6.20 Å². The molecule has 1 N–H and O–H groups in total. The van der Waals surface area contributed by atoms with Gasteiger partial charge in [-0.25, -0.2) is 0 Å². The Balaban J connectivity index is 2.04. The number of unbranched alkanes of at least 4 members (excludes halogenated alkanes) is 2. The lowest BCUT2D eigenvalue weighted by molar-refractivity contribution is 0.281. The summed E-state index contributed by atoms with van der Waals surface area (Å²) in [6, 6.07) is 1.92. The molecule has 0 unspecified atom stereocenters. The van der Waals surface area contributed by atoms with Crippen molar-refractivity contribution in [2.24, 2.45) is 0 Å². The van der Waals surface area contributed by atoms with Gasteiger partial charge in [-0.3, -0.25) is 4.68 Å². The van der Waals surface area contributed by atoms with E-state index >= 15 is 0 Å². The van der Waals surface area contributed by atoms with Gasteiger partial charge >= 0.3 is 0 Å². The van der Waals surface area contributed by atoms with Gasteiger partial charge in [0.1, 0.15) is 0 Å². The number of hydrogen-bond donors (Lipinski definition) is 1. The first-order valence-electron chi connectivity index (χ1n) is 4.02. The summed E-state index contributed by atoms with van der Waals surface area (Å²) >= 11 is 0. The van der Waals surface area contributed by atoms with Crippen LogP contribution in [0.5, 0.6) is 0 Å². The predicted molar refractivity (Wildman–Crippen MR) is 43.2 cm³/mol. The van der Waals surface area contributed by atoms with Crippen molar-refractivity contribution in [3.8, 4) is 0 Å².